The first-order chi connectivity index (χ1) is 16.9. The number of rotatable bonds is 7. The molecule has 0 radical (unpaired) electrons. The smallest absolute Gasteiger partial charge is 0.339 e. The lowest BCUT2D eigenvalue weighted by Gasteiger charge is -2.18. The van der Waals surface area contributed by atoms with Gasteiger partial charge in [-0.2, -0.15) is 26.3 Å². The Kier molecular flexibility index (Phi) is 10.1. The fourth-order valence-corrected chi connectivity index (χ4v) is 4.01. The molecule has 2 atom stereocenters. The minimum Gasteiger partial charge on any atom is -0.339 e. The van der Waals surface area contributed by atoms with Crippen molar-refractivity contribution in [2.45, 2.75) is 31.2 Å². The molecule has 0 aliphatic heterocycles. The van der Waals surface area contributed by atoms with Crippen molar-refractivity contribution in [3.05, 3.63) is 84.9 Å². The summed E-state index contributed by atoms with van der Waals surface area (Å²) in [7, 11) is 0. The van der Waals surface area contributed by atoms with Crippen LogP contribution in [0.15, 0.2) is 53.2 Å². The molecule has 2 aromatic rings. The van der Waals surface area contributed by atoms with Crippen molar-refractivity contribution in [2.75, 3.05) is 0 Å². The van der Waals surface area contributed by atoms with Gasteiger partial charge in [-0.25, -0.2) is 0 Å². The van der Waals surface area contributed by atoms with E-state index in [4.69, 9.17) is 34.8 Å². The van der Waals surface area contributed by atoms with Gasteiger partial charge in [0.1, 0.15) is 6.04 Å². The van der Waals surface area contributed by atoms with Crippen molar-refractivity contribution in [3.63, 3.8) is 0 Å². The molecular weight excluding hydrogens is 637 g/mol. The van der Waals surface area contributed by atoms with E-state index in [1.54, 1.807) is 5.32 Å². The van der Waals surface area contributed by atoms with E-state index in [1.165, 1.54) is 18.2 Å². The van der Waals surface area contributed by atoms with E-state index < -0.39 is 41.8 Å². The first-order valence-electron chi connectivity index (χ1n) is 9.98. The van der Waals surface area contributed by atoms with Gasteiger partial charge in [-0.3, -0.25) is 9.59 Å². The van der Waals surface area contributed by atoms with Crippen LogP contribution in [0.5, 0.6) is 0 Å². The maximum Gasteiger partial charge on any atom is 0.408 e. The largest absolute Gasteiger partial charge is 0.408 e. The molecule has 37 heavy (non-hydrogen) atoms. The Labute approximate surface area is 230 Å². The summed E-state index contributed by atoms with van der Waals surface area (Å²) in [5, 5.41) is 3.35. The average molecular weight is 653 g/mol. The summed E-state index contributed by atoms with van der Waals surface area (Å²) in [6, 6.07) is 3.82. The van der Waals surface area contributed by atoms with E-state index in [0.717, 1.165) is 31.2 Å². The standard InChI is InChI=1S/C23H16BrCl3F6N2O2/c1-10(20(36)35-11(2)22(28,29)30)34-21(37)14-5-3-12(7-16(14)24)4-6-15(23(31,32)33)13-8-17(25)19(27)18(26)9-13/h3-9,11,15H,1H2,2H3,(H,34,37)(H,35,36)/b6-4+. The van der Waals surface area contributed by atoms with Crippen molar-refractivity contribution in [2.24, 2.45) is 0 Å². The second kappa shape index (κ2) is 12.1. The fourth-order valence-electron chi connectivity index (χ4n) is 2.82. The van der Waals surface area contributed by atoms with E-state index in [1.807, 2.05) is 0 Å². The number of nitrogens with one attached hydrogen (secondary N) is 2. The van der Waals surface area contributed by atoms with Crippen molar-refractivity contribution >= 4 is 68.6 Å². The van der Waals surface area contributed by atoms with Crippen molar-refractivity contribution in [3.8, 4) is 0 Å². The van der Waals surface area contributed by atoms with Gasteiger partial charge < -0.3 is 10.6 Å². The summed E-state index contributed by atoms with van der Waals surface area (Å²) in [5.41, 5.74) is -0.668. The summed E-state index contributed by atoms with van der Waals surface area (Å²) in [4.78, 5) is 24.3. The third-order valence-electron chi connectivity index (χ3n) is 4.81. The number of benzene rings is 2. The van der Waals surface area contributed by atoms with Gasteiger partial charge in [-0.05, 0) is 58.2 Å². The molecule has 0 aromatic heterocycles. The lowest BCUT2D eigenvalue weighted by molar-refractivity contribution is -0.156. The Morgan fingerprint density at radius 1 is 1.00 bits per heavy atom. The molecule has 0 aliphatic rings. The molecule has 0 saturated heterocycles. The topological polar surface area (TPSA) is 58.2 Å². The van der Waals surface area contributed by atoms with Gasteiger partial charge in [0.2, 0.25) is 0 Å². The van der Waals surface area contributed by atoms with Gasteiger partial charge >= 0.3 is 12.4 Å². The predicted molar refractivity (Wildman–Crippen MR) is 134 cm³/mol. The zero-order valence-electron chi connectivity index (χ0n) is 18.5. The Hall–Kier alpha value is -2.21. The van der Waals surface area contributed by atoms with Gasteiger partial charge in [0.05, 0.1) is 32.2 Å². The highest BCUT2D eigenvalue weighted by molar-refractivity contribution is 9.10. The first kappa shape index (κ1) is 31.0. The van der Waals surface area contributed by atoms with E-state index >= 15 is 0 Å². The Bertz CT molecular complexity index is 1220. The molecule has 2 aromatic carbocycles. The molecule has 0 bridgehead atoms. The van der Waals surface area contributed by atoms with Gasteiger partial charge in [0.15, 0.2) is 0 Å². The van der Waals surface area contributed by atoms with Gasteiger partial charge in [0.25, 0.3) is 11.8 Å². The van der Waals surface area contributed by atoms with Crippen LogP contribution in [0.3, 0.4) is 0 Å². The van der Waals surface area contributed by atoms with Crippen LogP contribution >= 0.6 is 50.7 Å². The third-order valence-corrected chi connectivity index (χ3v) is 6.67. The lowest BCUT2D eigenvalue weighted by atomic mass is 9.97. The van der Waals surface area contributed by atoms with Crippen LogP contribution < -0.4 is 10.6 Å². The van der Waals surface area contributed by atoms with E-state index in [2.05, 4.69) is 27.8 Å². The maximum absolute atomic E-state index is 13.7. The Morgan fingerprint density at radius 3 is 2.05 bits per heavy atom. The highest BCUT2D eigenvalue weighted by Gasteiger charge is 2.39. The van der Waals surface area contributed by atoms with Crippen LogP contribution in [0.1, 0.15) is 34.3 Å². The Balaban J connectivity index is 2.21. The zero-order valence-corrected chi connectivity index (χ0v) is 22.4. The monoisotopic (exact) mass is 650 g/mol. The van der Waals surface area contributed by atoms with Crippen molar-refractivity contribution in [1.82, 2.24) is 10.6 Å². The molecule has 2 rings (SSSR count). The molecule has 2 unspecified atom stereocenters. The van der Waals surface area contributed by atoms with E-state index in [-0.39, 0.29) is 36.2 Å². The van der Waals surface area contributed by atoms with Crippen LogP contribution in [0.25, 0.3) is 6.08 Å². The summed E-state index contributed by atoms with van der Waals surface area (Å²) >= 11 is 20.7. The minimum absolute atomic E-state index is 0.0568. The average Bonchev–Trinajstić information content (AvgIpc) is 2.75. The SMILES string of the molecule is C=C(NC(=O)c1ccc(/C=C/C(c2cc(Cl)c(Cl)c(Cl)c2)C(F)(F)F)cc1Br)C(=O)NC(C)C(F)(F)F. The number of allylic oxidation sites excluding steroid dienone is 1. The highest BCUT2D eigenvalue weighted by Crippen LogP contribution is 2.41. The fraction of sp³-hybridized carbons (Fsp3) is 0.217. The van der Waals surface area contributed by atoms with Crippen LogP contribution in [-0.4, -0.2) is 30.2 Å². The molecular formula is C23H16BrCl3F6N2O2. The normalized spacial score (nSPS) is 13.8. The van der Waals surface area contributed by atoms with Crippen LogP contribution in [0.2, 0.25) is 15.1 Å². The minimum atomic E-state index is -4.70. The van der Waals surface area contributed by atoms with Crippen LogP contribution in [-0.2, 0) is 4.79 Å². The number of hydrogen-bond donors (Lipinski definition) is 2. The van der Waals surface area contributed by atoms with Gasteiger partial charge in [0, 0.05) is 4.47 Å². The molecule has 0 heterocycles. The summed E-state index contributed by atoms with van der Waals surface area (Å²) in [6.07, 6.45) is -7.36. The third kappa shape index (κ3) is 8.39. The summed E-state index contributed by atoms with van der Waals surface area (Å²) in [5.74, 6) is -4.21. The number of alkyl halides is 6. The van der Waals surface area contributed by atoms with Crippen LogP contribution in [0, 0.1) is 0 Å². The lowest BCUT2D eigenvalue weighted by Crippen LogP contribution is -2.45. The van der Waals surface area contributed by atoms with Crippen LogP contribution in [0.4, 0.5) is 26.3 Å². The van der Waals surface area contributed by atoms with Gasteiger partial charge in [-0.1, -0.05) is 59.6 Å². The summed E-state index contributed by atoms with van der Waals surface area (Å²) in [6.45, 7) is 3.97. The van der Waals surface area contributed by atoms with E-state index in [9.17, 15) is 35.9 Å². The number of halogens is 10. The van der Waals surface area contributed by atoms with E-state index in [0.29, 0.717) is 0 Å². The van der Waals surface area contributed by atoms with Crippen molar-refractivity contribution < 1.29 is 35.9 Å². The van der Waals surface area contributed by atoms with Crippen molar-refractivity contribution in [1.29, 1.82) is 0 Å². The van der Waals surface area contributed by atoms with Gasteiger partial charge in [-0.15, -0.1) is 0 Å². The number of hydrogen-bond acceptors (Lipinski definition) is 2. The molecule has 14 heteroatoms. The second-order valence-corrected chi connectivity index (χ2v) is 9.63. The predicted octanol–water partition coefficient (Wildman–Crippen LogP) is 8.08. The molecule has 200 valence electrons. The Morgan fingerprint density at radius 2 is 1.57 bits per heavy atom. The molecule has 0 spiro atoms. The first-order valence-corrected chi connectivity index (χ1v) is 11.9. The molecule has 2 N–H and O–H groups in total. The highest BCUT2D eigenvalue weighted by atomic mass is 79.9. The summed E-state index contributed by atoms with van der Waals surface area (Å²) < 4.78 is 79.1. The number of carbonyl (C=O) groups is 2. The zero-order chi connectivity index (χ0) is 28.3. The molecule has 0 saturated carbocycles. The second-order valence-electron chi connectivity index (χ2n) is 7.59. The molecule has 0 aliphatic carbocycles. The molecule has 4 nitrogen and oxygen atoms in total. The number of amides is 2. The quantitative estimate of drug-likeness (QED) is 0.181. The number of carbonyl (C=O) groups excluding carboxylic acids is 2. The molecule has 0 fully saturated rings. The molecule has 2 amide bonds. The maximum atomic E-state index is 13.7.